The number of hydrogen-bond donors (Lipinski definition) is 0. The molecule has 0 aromatic carbocycles. The zero-order valence-corrected chi connectivity index (χ0v) is 13.7. The molecule has 1 aromatic rings. The molecule has 0 aliphatic heterocycles. The number of nitrogens with zero attached hydrogens (tertiary/aromatic N) is 3. The van der Waals surface area contributed by atoms with E-state index < -0.39 is 0 Å². The lowest BCUT2D eigenvalue weighted by atomic mass is 10.3. The average molecular weight is 344 g/mol. The molecule has 20 heavy (non-hydrogen) atoms. The van der Waals surface area contributed by atoms with Crippen molar-refractivity contribution in [2.24, 2.45) is 0 Å². The molecule has 112 valence electrons. The normalized spacial score (nSPS) is 14.6. The van der Waals surface area contributed by atoms with Crippen LogP contribution in [0.25, 0.3) is 0 Å². The second-order valence-electron chi connectivity index (χ2n) is 5.01. The second-order valence-corrected chi connectivity index (χ2v) is 5.82. The van der Waals surface area contributed by atoms with E-state index in [1.54, 1.807) is 14.2 Å². The summed E-state index contributed by atoms with van der Waals surface area (Å²) in [5.74, 6) is 2.49. The van der Waals surface area contributed by atoms with Gasteiger partial charge in [-0.15, -0.1) is 0 Å². The van der Waals surface area contributed by atoms with Gasteiger partial charge in [0.15, 0.2) is 0 Å². The number of ether oxygens (including phenoxy) is 2. The van der Waals surface area contributed by atoms with Crippen molar-refractivity contribution in [3.63, 3.8) is 0 Å². The molecule has 1 aromatic heterocycles. The van der Waals surface area contributed by atoms with Crippen LogP contribution in [0.4, 0.5) is 5.82 Å². The molecular weight excluding hydrogens is 322 g/mol. The maximum Gasteiger partial charge on any atom is 0.135 e. The van der Waals surface area contributed by atoms with E-state index >= 15 is 0 Å². The summed E-state index contributed by atoms with van der Waals surface area (Å²) in [5, 5.41) is 0. The molecule has 0 radical (unpaired) electrons. The fourth-order valence-corrected chi connectivity index (χ4v) is 2.44. The van der Waals surface area contributed by atoms with E-state index in [4.69, 9.17) is 14.5 Å². The van der Waals surface area contributed by atoms with E-state index in [1.807, 2.05) is 6.07 Å². The Kier molecular flexibility index (Phi) is 6.19. The van der Waals surface area contributed by atoms with Crippen molar-refractivity contribution in [1.82, 2.24) is 9.97 Å². The average Bonchev–Trinajstić information content (AvgIpc) is 3.26. The van der Waals surface area contributed by atoms with Crippen LogP contribution in [0.15, 0.2) is 10.7 Å². The Labute approximate surface area is 128 Å². The summed E-state index contributed by atoms with van der Waals surface area (Å²) in [6.45, 7) is 3.18. The van der Waals surface area contributed by atoms with Gasteiger partial charge in [0.2, 0.25) is 0 Å². The topological polar surface area (TPSA) is 47.5 Å². The van der Waals surface area contributed by atoms with E-state index in [2.05, 4.69) is 25.8 Å². The molecular formula is C14H22BrN3O2. The summed E-state index contributed by atoms with van der Waals surface area (Å²) < 4.78 is 11.2. The van der Waals surface area contributed by atoms with Crippen LogP contribution in [0.1, 0.15) is 31.0 Å². The van der Waals surface area contributed by atoms with E-state index in [9.17, 15) is 0 Å². The molecule has 0 saturated heterocycles. The highest BCUT2D eigenvalue weighted by molar-refractivity contribution is 9.10. The van der Waals surface area contributed by atoms with Crippen LogP contribution in [0.2, 0.25) is 0 Å². The third kappa shape index (κ3) is 4.68. The summed E-state index contributed by atoms with van der Waals surface area (Å²) in [4.78, 5) is 11.4. The number of aromatic nitrogens is 2. The van der Waals surface area contributed by atoms with Crippen LogP contribution in [0.5, 0.6) is 0 Å². The van der Waals surface area contributed by atoms with Crippen molar-refractivity contribution >= 4 is 21.7 Å². The first kappa shape index (κ1) is 15.7. The molecule has 5 nitrogen and oxygen atoms in total. The van der Waals surface area contributed by atoms with Gasteiger partial charge < -0.3 is 14.4 Å². The molecule has 0 atom stereocenters. The van der Waals surface area contributed by atoms with Crippen LogP contribution in [-0.4, -0.2) is 50.5 Å². The second kappa shape index (κ2) is 7.90. The minimum Gasteiger partial charge on any atom is -0.385 e. The Morgan fingerprint density at radius 1 is 1.20 bits per heavy atom. The quantitative estimate of drug-likeness (QED) is 0.509. The molecule has 2 rings (SSSR count). The maximum atomic E-state index is 5.19. The molecule has 1 aliphatic rings. The molecule has 1 heterocycles. The van der Waals surface area contributed by atoms with Gasteiger partial charge in [-0.25, -0.2) is 9.97 Å². The predicted octanol–water partition coefficient (Wildman–Crippen LogP) is 2.61. The minimum absolute atomic E-state index is 0.550. The van der Waals surface area contributed by atoms with Gasteiger partial charge in [0, 0.05) is 45.9 Å². The zero-order chi connectivity index (χ0) is 14.4. The third-order valence-corrected chi connectivity index (χ3v) is 3.71. The first-order valence-electron chi connectivity index (χ1n) is 7.02. The van der Waals surface area contributed by atoms with Crippen LogP contribution in [0.3, 0.4) is 0 Å². The largest absolute Gasteiger partial charge is 0.385 e. The van der Waals surface area contributed by atoms with Gasteiger partial charge in [0.25, 0.3) is 0 Å². The van der Waals surface area contributed by atoms with Crippen molar-refractivity contribution in [1.29, 1.82) is 0 Å². The van der Waals surface area contributed by atoms with Gasteiger partial charge >= 0.3 is 0 Å². The highest BCUT2D eigenvalue weighted by Gasteiger charge is 2.27. The SMILES string of the molecule is COCCCN(CCOC)c1cc(Br)nc(C2CC2)n1. The Morgan fingerprint density at radius 2 is 1.95 bits per heavy atom. The minimum atomic E-state index is 0.550. The number of rotatable bonds is 9. The van der Waals surface area contributed by atoms with Gasteiger partial charge in [0.1, 0.15) is 16.2 Å². The Hall–Kier alpha value is -0.720. The Morgan fingerprint density at radius 3 is 2.60 bits per heavy atom. The summed E-state index contributed by atoms with van der Waals surface area (Å²) in [6.07, 6.45) is 3.38. The molecule has 1 aliphatic carbocycles. The van der Waals surface area contributed by atoms with Gasteiger partial charge in [-0.05, 0) is 35.2 Å². The van der Waals surface area contributed by atoms with Crippen LogP contribution >= 0.6 is 15.9 Å². The number of hydrogen-bond acceptors (Lipinski definition) is 5. The molecule has 0 N–H and O–H groups in total. The van der Waals surface area contributed by atoms with Gasteiger partial charge in [-0.3, -0.25) is 0 Å². The van der Waals surface area contributed by atoms with Gasteiger partial charge in [-0.2, -0.15) is 0 Å². The van der Waals surface area contributed by atoms with E-state index in [0.717, 1.165) is 42.4 Å². The lowest BCUT2D eigenvalue weighted by molar-refractivity contribution is 0.191. The smallest absolute Gasteiger partial charge is 0.135 e. The van der Waals surface area contributed by atoms with Crippen molar-refractivity contribution in [2.75, 3.05) is 45.4 Å². The van der Waals surface area contributed by atoms with Crippen molar-refractivity contribution in [2.45, 2.75) is 25.2 Å². The van der Waals surface area contributed by atoms with Crippen molar-refractivity contribution in [3.05, 3.63) is 16.5 Å². The Balaban J connectivity index is 2.08. The van der Waals surface area contributed by atoms with Crippen molar-refractivity contribution < 1.29 is 9.47 Å². The molecule has 6 heteroatoms. The standard InChI is InChI=1S/C14H22BrN3O2/c1-19-8-3-6-18(7-9-20-2)13-10-12(15)16-14(17-13)11-4-5-11/h10-11H,3-9H2,1-2H3. The molecule has 0 unspecified atom stereocenters. The van der Waals surface area contributed by atoms with E-state index in [-0.39, 0.29) is 0 Å². The monoisotopic (exact) mass is 343 g/mol. The van der Waals surface area contributed by atoms with Gasteiger partial charge in [-0.1, -0.05) is 0 Å². The van der Waals surface area contributed by atoms with Crippen molar-refractivity contribution in [3.8, 4) is 0 Å². The fourth-order valence-electron chi connectivity index (χ4n) is 2.05. The van der Waals surface area contributed by atoms with Crippen LogP contribution in [-0.2, 0) is 9.47 Å². The fraction of sp³-hybridized carbons (Fsp3) is 0.714. The predicted molar refractivity (Wildman–Crippen MR) is 82.3 cm³/mol. The molecule has 1 fully saturated rings. The van der Waals surface area contributed by atoms with Gasteiger partial charge in [0.05, 0.1) is 6.61 Å². The lowest BCUT2D eigenvalue weighted by Gasteiger charge is -2.24. The highest BCUT2D eigenvalue weighted by atomic mass is 79.9. The van der Waals surface area contributed by atoms with Crippen LogP contribution in [0, 0.1) is 0 Å². The lowest BCUT2D eigenvalue weighted by Crippen LogP contribution is -2.30. The maximum absolute atomic E-state index is 5.19. The van der Waals surface area contributed by atoms with E-state index in [0.29, 0.717) is 12.5 Å². The summed E-state index contributed by atoms with van der Waals surface area (Å²) in [5.41, 5.74) is 0. The number of methoxy groups -OCH3 is 2. The first-order chi connectivity index (χ1) is 9.74. The summed E-state index contributed by atoms with van der Waals surface area (Å²) >= 11 is 3.49. The third-order valence-electron chi connectivity index (χ3n) is 3.31. The molecule has 0 amide bonds. The Bertz CT molecular complexity index is 427. The van der Waals surface area contributed by atoms with E-state index in [1.165, 1.54) is 12.8 Å². The zero-order valence-electron chi connectivity index (χ0n) is 12.1. The summed E-state index contributed by atoms with van der Waals surface area (Å²) in [6, 6.07) is 1.98. The molecule has 0 bridgehead atoms. The summed E-state index contributed by atoms with van der Waals surface area (Å²) in [7, 11) is 3.45. The first-order valence-corrected chi connectivity index (χ1v) is 7.81. The number of anilines is 1. The van der Waals surface area contributed by atoms with Crippen LogP contribution < -0.4 is 4.90 Å². The molecule has 1 saturated carbocycles. The highest BCUT2D eigenvalue weighted by Crippen LogP contribution is 2.39. The molecule has 0 spiro atoms. The number of halogens is 1.